The monoisotopic (exact) mass is 445 g/mol. The number of alkyl halides is 3. The molecule has 0 aliphatic rings. The number of aromatic nitrogens is 2. The van der Waals surface area contributed by atoms with Crippen LogP contribution in [0.2, 0.25) is 0 Å². The van der Waals surface area contributed by atoms with Gasteiger partial charge in [0.25, 0.3) is 5.91 Å². The van der Waals surface area contributed by atoms with E-state index in [1.165, 1.54) is 30.3 Å². The van der Waals surface area contributed by atoms with E-state index in [0.29, 0.717) is 5.52 Å². The molecule has 1 amide bonds. The summed E-state index contributed by atoms with van der Waals surface area (Å²) >= 11 is 0. The van der Waals surface area contributed by atoms with Crippen LogP contribution in [0.15, 0.2) is 54.6 Å². The van der Waals surface area contributed by atoms with Crippen LogP contribution < -0.4 is 5.32 Å². The number of imidazole rings is 1. The molecule has 0 saturated heterocycles. The second-order valence-corrected chi connectivity index (χ2v) is 7.30. The van der Waals surface area contributed by atoms with Crippen molar-refractivity contribution in [1.82, 2.24) is 9.55 Å². The molecule has 4 rings (SSSR count). The quantitative estimate of drug-likeness (QED) is 0.382. The number of rotatable bonds is 3. The number of hydrogen-bond acceptors (Lipinski definition) is 2. The fraction of sp³-hybridized carbons (Fsp3) is 0.130. The molecule has 0 unspecified atom stereocenters. The molecule has 0 radical (unpaired) electrons. The van der Waals surface area contributed by atoms with E-state index >= 15 is 0 Å². The number of halogens is 5. The van der Waals surface area contributed by atoms with Crippen LogP contribution in [-0.2, 0) is 6.18 Å². The Morgan fingerprint density at radius 3 is 2.28 bits per heavy atom. The molecule has 0 spiro atoms. The Bertz CT molecular complexity index is 1340. The fourth-order valence-corrected chi connectivity index (χ4v) is 3.36. The van der Waals surface area contributed by atoms with Crippen LogP contribution in [-0.4, -0.2) is 15.5 Å². The average molecular weight is 445 g/mol. The van der Waals surface area contributed by atoms with E-state index < -0.39 is 35.1 Å². The maximum absolute atomic E-state index is 13.8. The summed E-state index contributed by atoms with van der Waals surface area (Å²) in [4.78, 5) is 16.0. The van der Waals surface area contributed by atoms with Crippen LogP contribution in [0.25, 0.3) is 16.7 Å². The van der Waals surface area contributed by atoms with Crippen molar-refractivity contribution in [3.8, 4) is 5.69 Å². The highest BCUT2D eigenvalue weighted by molar-refractivity contribution is 6.04. The maximum Gasteiger partial charge on any atom is 0.450 e. The Kier molecular flexibility index (Phi) is 5.20. The predicted octanol–water partition coefficient (Wildman–Crippen LogP) is 6.19. The molecule has 0 atom stereocenters. The molecule has 164 valence electrons. The molecule has 1 aromatic heterocycles. The van der Waals surface area contributed by atoms with E-state index in [9.17, 15) is 26.7 Å². The molecule has 0 bridgehead atoms. The van der Waals surface area contributed by atoms with E-state index in [-0.39, 0.29) is 16.9 Å². The van der Waals surface area contributed by atoms with Crippen LogP contribution in [0.3, 0.4) is 0 Å². The van der Waals surface area contributed by atoms with Crippen LogP contribution in [0, 0.1) is 25.5 Å². The highest BCUT2D eigenvalue weighted by Crippen LogP contribution is 2.35. The highest BCUT2D eigenvalue weighted by Gasteiger charge is 2.38. The largest absolute Gasteiger partial charge is 0.450 e. The third-order valence-electron chi connectivity index (χ3n) is 5.10. The van der Waals surface area contributed by atoms with Gasteiger partial charge >= 0.3 is 6.18 Å². The second kappa shape index (κ2) is 7.74. The third-order valence-corrected chi connectivity index (χ3v) is 5.10. The summed E-state index contributed by atoms with van der Waals surface area (Å²) in [5.74, 6) is -4.40. The van der Waals surface area contributed by atoms with Gasteiger partial charge in [-0.15, -0.1) is 0 Å². The smallest absolute Gasteiger partial charge is 0.322 e. The average Bonchev–Trinajstić information content (AvgIpc) is 3.09. The first-order valence-electron chi connectivity index (χ1n) is 9.49. The minimum atomic E-state index is -4.69. The molecule has 0 aliphatic heterocycles. The van der Waals surface area contributed by atoms with E-state index in [2.05, 4.69) is 10.3 Å². The molecule has 4 nitrogen and oxygen atoms in total. The summed E-state index contributed by atoms with van der Waals surface area (Å²) in [6.45, 7) is 3.59. The van der Waals surface area contributed by atoms with Crippen LogP contribution in [0.4, 0.5) is 27.6 Å². The molecule has 0 saturated carbocycles. The van der Waals surface area contributed by atoms with Crippen molar-refractivity contribution in [3.63, 3.8) is 0 Å². The summed E-state index contributed by atoms with van der Waals surface area (Å²) in [5, 5.41) is 2.40. The normalized spacial score (nSPS) is 11.7. The van der Waals surface area contributed by atoms with E-state index in [4.69, 9.17) is 0 Å². The Balaban J connectivity index is 1.72. The number of anilines is 1. The number of benzene rings is 3. The van der Waals surface area contributed by atoms with Gasteiger partial charge in [0.15, 0.2) is 11.6 Å². The lowest BCUT2D eigenvalue weighted by Gasteiger charge is -2.13. The van der Waals surface area contributed by atoms with Crippen LogP contribution in [0.5, 0.6) is 0 Å². The van der Waals surface area contributed by atoms with Crippen molar-refractivity contribution in [3.05, 3.63) is 88.7 Å². The van der Waals surface area contributed by atoms with Crippen LogP contribution in [0.1, 0.15) is 27.3 Å². The lowest BCUT2D eigenvalue weighted by atomic mass is 10.1. The maximum atomic E-state index is 13.8. The number of hydrogen-bond donors (Lipinski definition) is 1. The Morgan fingerprint density at radius 2 is 1.62 bits per heavy atom. The number of carbonyl (C=O) groups excluding carboxylic acids is 1. The molecule has 1 heterocycles. The zero-order valence-electron chi connectivity index (χ0n) is 16.9. The fourth-order valence-electron chi connectivity index (χ4n) is 3.36. The highest BCUT2D eigenvalue weighted by atomic mass is 19.4. The number of fused-ring (bicyclic) bond motifs is 1. The van der Waals surface area contributed by atoms with Gasteiger partial charge in [0.05, 0.1) is 16.6 Å². The van der Waals surface area contributed by atoms with Gasteiger partial charge in [0.1, 0.15) is 0 Å². The lowest BCUT2D eigenvalue weighted by molar-refractivity contribution is -0.145. The second-order valence-electron chi connectivity index (χ2n) is 7.30. The van der Waals surface area contributed by atoms with Crippen molar-refractivity contribution >= 4 is 22.6 Å². The van der Waals surface area contributed by atoms with Gasteiger partial charge in [-0.3, -0.25) is 9.36 Å². The standard InChI is InChI=1S/C23H16F5N3O/c1-12-10-18-19(11-13(12)2)31(22(30-18)23(26,27)28)15-8-6-14(7-9-15)29-21(32)16-4-3-5-17(24)20(16)25/h3-11H,1-2H3,(H,29,32). The van der Waals surface area contributed by atoms with E-state index in [0.717, 1.165) is 27.8 Å². The van der Waals surface area contributed by atoms with Gasteiger partial charge in [0, 0.05) is 11.4 Å². The van der Waals surface area contributed by atoms with Crippen molar-refractivity contribution in [2.75, 3.05) is 5.32 Å². The van der Waals surface area contributed by atoms with Gasteiger partial charge in [-0.2, -0.15) is 13.2 Å². The lowest BCUT2D eigenvalue weighted by Crippen LogP contribution is -2.15. The molecule has 4 aromatic rings. The first-order valence-corrected chi connectivity index (χ1v) is 9.49. The Labute approximate surface area is 179 Å². The molecule has 3 aromatic carbocycles. The van der Waals surface area contributed by atoms with Crippen molar-refractivity contribution in [1.29, 1.82) is 0 Å². The van der Waals surface area contributed by atoms with Gasteiger partial charge in [0.2, 0.25) is 5.82 Å². The summed E-state index contributed by atoms with van der Waals surface area (Å²) in [7, 11) is 0. The topological polar surface area (TPSA) is 46.9 Å². The summed E-state index contributed by atoms with van der Waals surface area (Å²) in [6.07, 6.45) is -4.69. The molecular formula is C23H16F5N3O. The van der Waals surface area contributed by atoms with Gasteiger partial charge < -0.3 is 5.32 Å². The predicted molar refractivity (Wildman–Crippen MR) is 110 cm³/mol. The summed E-state index contributed by atoms with van der Waals surface area (Å²) in [5.41, 5.74) is 2.02. The SMILES string of the molecule is Cc1cc2nc(C(F)(F)F)n(-c3ccc(NC(=O)c4cccc(F)c4F)cc3)c2cc1C. The zero-order valence-corrected chi connectivity index (χ0v) is 16.9. The minimum Gasteiger partial charge on any atom is -0.322 e. The third kappa shape index (κ3) is 3.81. The summed E-state index contributed by atoms with van der Waals surface area (Å²) < 4.78 is 69.2. The van der Waals surface area contributed by atoms with Crippen LogP contribution >= 0.6 is 0 Å². The van der Waals surface area contributed by atoms with Crippen molar-refractivity contribution in [2.45, 2.75) is 20.0 Å². The molecule has 0 fully saturated rings. The number of nitrogens with zero attached hydrogens (tertiary/aromatic N) is 2. The molecule has 32 heavy (non-hydrogen) atoms. The van der Waals surface area contributed by atoms with E-state index in [1.54, 1.807) is 26.0 Å². The zero-order chi connectivity index (χ0) is 23.2. The van der Waals surface area contributed by atoms with E-state index in [1.807, 2.05) is 0 Å². The molecular weight excluding hydrogens is 429 g/mol. The number of amides is 1. The molecule has 9 heteroatoms. The molecule has 0 aliphatic carbocycles. The van der Waals surface area contributed by atoms with Gasteiger partial charge in [-0.1, -0.05) is 6.07 Å². The van der Waals surface area contributed by atoms with Gasteiger partial charge in [-0.25, -0.2) is 13.8 Å². The first kappa shape index (κ1) is 21.5. The van der Waals surface area contributed by atoms with Crippen molar-refractivity contribution in [2.24, 2.45) is 0 Å². The summed E-state index contributed by atoms with van der Waals surface area (Å²) in [6, 6.07) is 11.9. The molecule has 1 N–H and O–H groups in total. The number of carbonyl (C=O) groups is 1. The van der Waals surface area contributed by atoms with Gasteiger partial charge in [-0.05, 0) is 73.5 Å². The number of nitrogens with one attached hydrogen (secondary N) is 1. The van der Waals surface area contributed by atoms with Crippen molar-refractivity contribution < 1.29 is 26.7 Å². The first-order chi connectivity index (χ1) is 15.1. The Hall–Kier alpha value is -3.75. The minimum absolute atomic E-state index is 0.179. The number of aryl methyl sites for hydroxylation is 2. The Morgan fingerprint density at radius 1 is 0.969 bits per heavy atom.